The number of hydrogen-bond donors (Lipinski definition) is 1. The number of carbonyl (C=O) groups excluding carboxylic acids is 1. The molecule has 1 aromatic carbocycles. The first-order chi connectivity index (χ1) is 8.15. The van der Waals surface area contributed by atoms with Crippen LogP contribution in [0.25, 0.3) is 0 Å². The van der Waals surface area contributed by atoms with E-state index < -0.39 is 5.82 Å². The maximum Gasteiger partial charge on any atom is 0.224 e. The molecule has 5 heteroatoms. The predicted octanol–water partition coefficient (Wildman–Crippen LogP) is 2.17. The second-order valence-electron chi connectivity index (χ2n) is 3.57. The van der Waals surface area contributed by atoms with Crippen LogP contribution in [0.2, 0.25) is 5.02 Å². The number of amides is 1. The molecule has 0 aliphatic rings. The molecule has 0 fully saturated rings. The van der Waals surface area contributed by atoms with Gasteiger partial charge >= 0.3 is 0 Å². The van der Waals surface area contributed by atoms with Crippen LogP contribution in [0.3, 0.4) is 0 Å². The fourth-order valence-corrected chi connectivity index (χ4v) is 1.60. The lowest BCUT2D eigenvalue weighted by Gasteiger charge is -2.07. The Bertz CT molecular complexity index is 365. The highest BCUT2D eigenvalue weighted by molar-refractivity contribution is 6.31. The molecular formula is C12H15ClFNO2. The third kappa shape index (κ3) is 4.71. The van der Waals surface area contributed by atoms with Gasteiger partial charge in [-0.1, -0.05) is 17.7 Å². The van der Waals surface area contributed by atoms with Crippen LogP contribution in [0.15, 0.2) is 18.2 Å². The standard InChI is InChI=1S/C12H15ClFNO2/c1-17-7-3-6-15-12(16)8-9-10(13)4-2-5-11(9)14/h2,4-5H,3,6-8H2,1H3,(H,15,16). The molecule has 3 nitrogen and oxygen atoms in total. The van der Waals surface area contributed by atoms with Gasteiger partial charge in [-0.25, -0.2) is 4.39 Å². The van der Waals surface area contributed by atoms with Gasteiger partial charge in [0, 0.05) is 30.8 Å². The number of nitrogens with one attached hydrogen (secondary N) is 1. The molecule has 0 saturated carbocycles. The number of rotatable bonds is 6. The third-order valence-corrected chi connectivity index (χ3v) is 2.60. The molecule has 1 amide bonds. The van der Waals surface area contributed by atoms with E-state index in [4.69, 9.17) is 16.3 Å². The molecule has 0 spiro atoms. The summed E-state index contributed by atoms with van der Waals surface area (Å²) < 4.78 is 18.2. The summed E-state index contributed by atoms with van der Waals surface area (Å²) in [7, 11) is 1.60. The van der Waals surface area contributed by atoms with Crippen molar-refractivity contribution in [3.8, 4) is 0 Å². The van der Waals surface area contributed by atoms with Crippen molar-refractivity contribution in [2.24, 2.45) is 0 Å². The Morgan fingerprint density at radius 3 is 2.94 bits per heavy atom. The predicted molar refractivity (Wildman–Crippen MR) is 64.6 cm³/mol. The van der Waals surface area contributed by atoms with Crippen LogP contribution >= 0.6 is 11.6 Å². The highest BCUT2D eigenvalue weighted by Gasteiger charge is 2.11. The summed E-state index contributed by atoms with van der Waals surface area (Å²) in [5, 5.41) is 2.95. The number of carbonyl (C=O) groups is 1. The number of halogens is 2. The molecule has 17 heavy (non-hydrogen) atoms. The zero-order valence-electron chi connectivity index (χ0n) is 9.63. The van der Waals surface area contributed by atoms with Gasteiger partial charge in [-0.2, -0.15) is 0 Å². The van der Waals surface area contributed by atoms with E-state index in [1.54, 1.807) is 13.2 Å². The van der Waals surface area contributed by atoms with Crippen molar-refractivity contribution in [1.29, 1.82) is 0 Å². The molecule has 1 aromatic rings. The Labute approximate surface area is 105 Å². The molecule has 1 N–H and O–H groups in total. The molecule has 94 valence electrons. The molecule has 0 unspecified atom stereocenters. The average Bonchev–Trinajstić information content (AvgIpc) is 2.30. The first-order valence-corrected chi connectivity index (χ1v) is 5.71. The molecular weight excluding hydrogens is 245 g/mol. The molecule has 1 rings (SSSR count). The Morgan fingerprint density at radius 1 is 1.53 bits per heavy atom. The molecule has 0 aliphatic heterocycles. The van der Waals surface area contributed by atoms with Crippen molar-refractivity contribution < 1.29 is 13.9 Å². The summed E-state index contributed by atoms with van der Waals surface area (Å²) in [5.41, 5.74) is 0.235. The lowest BCUT2D eigenvalue weighted by molar-refractivity contribution is -0.120. The highest BCUT2D eigenvalue weighted by atomic mass is 35.5. The van der Waals surface area contributed by atoms with Gasteiger partial charge in [0.15, 0.2) is 0 Å². The topological polar surface area (TPSA) is 38.3 Å². The second-order valence-corrected chi connectivity index (χ2v) is 3.98. The minimum absolute atomic E-state index is 0.0432. The van der Waals surface area contributed by atoms with Crippen LogP contribution < -0.4 is 5.32 Å². The van der Waals surface area contributed by atoms with Gasteiger partial charge < -0.3 is 10.1 Å². The Balaban J connectivity index is 2.45. The Hall–Kier alpha value is -1.13. The van der Waals surface area contributed by atoms with Gasteiger partial charge in [-0.15, -0.1) is 0 Å². The summed E-state index contributed by atoms with van der Waals surface area (Å²) in [6.45, 7) is 1.10. The van der Waals surface area contributed by atoms with Gasteiger partial charge in [0.25, 0.3) is 0 Å². The molecule has 0 aromatic heterocycles. The van der Waals surface area contributed by atoms with E-state index in [9.17, 15) is 9.18 Å². The van der Waals surface area contributed by atoms with E-state index in [1.807, 2.05) is 0 Å². The van der Waals surface area contributed by atoms with Crippen molar-refractivity contribution in [3.63, 3.8) is 0 Å². The largest absolute Gasteiger partial charge is 0.385 e. The van der Waals surface area contributed by atoms with Crippen LogP contribution in [0.4, 0.5) is 4.39 Å². The second kappa shape index (κ2) is 7.25. The van der Waals surface area contributed by atoms with Crippen LogP contribution in [-0.2, 0) is 16.0 Å². The molecule has 0 aliphatic carbocycles. The average molecular weight is 260 g/mol. The summed E-state index contributed by atoms with van der Waals surface area (Å²) in [6, 6.07) is 4.37. The van der Waals surface area contributed by atoms with E-state index in [0.717, 1.165) is 6.42 Å². The van der Waals surface area contributed by atoms with E-state index in [2.05, 4.69) is 5.32 Å². The van der Waals surface area contributed by atoms with Crippen LogP contribution in [0.1, 0.15) is 12.0 Å². The van der Waals surface area contributed by atoms with Crippen molar-refractivity contribution in [1.82, 2.24) is 5.32 Å². The molecule has 0 heterocycles. The third-order valence-electron chi connectivity index (χ3n) is 2.25. The van der Waals surface area contributed by atoms with Crippen molar-refractivity contribution in [3.05, 3.63) is 34.6 Å². The fourth-order valence-electron chi connectivity index (χ4n) is 1.37. The van der Waals surface area contributed by atoms with Crippen molar-refractivity contribution in [2.75, 3.05) is 20.3 Å². The van der Waals surface area contributed by atoms with Gasteiger partial charge in [-0.3, -0.25) is 4.79 Å². The number of hydrogen-bond acceptors (Lipinski definition) is 2. The van der Waals surface area contributed by atoms with Gasteiger partial charge in [0.2, 0.25) is 5.91 Å². The maximum absolute atomic E-state index is 13.4. The minimum Gasteiger partial charge on any atom is -0.385 e. The highest BCUT2D eigenvalue weighted by Crippen LogP contribution is 2.19. The van der Waals surface area contributed by atoms with Crippen LogP contribution in [-0.4, -0.2) is 26.2 Å². The smallest absolute Gasteiger partial charge is 0.224 e. The first-order valence-electron chi connectivity index (χ1n) is 5.33. The Kier molecular flexibility index (Phi) is 5.94. The normalized spacial score (nSPS) is 10.3. The first kappa shape index (κ1) is 13.9. The van der Waals surface area contributed by atoms with E-state index in [0.29, 0.717) is 13.2 Å². The SMILES string of the molecule is COCCCNC(=O)Cc1c(F)cccc1Cl. The van der Waals surface area contributed by atoms with Gasteiger partial charge in [-0.05, 0) is 18.6 Å². The summed E-state index contributed by atoms with van der Waals surface area (Å²) in [6.07, 6.45) is 0.686. The monoisotopic (exact) mass is 259 g/mol. The van der Waals surface area contributed by atoms with E-state index in [-0.39, 0.29) is 22.9 Å². The van der Waals surface area contributed by atoms with E-state index in [1.165, 1.54) is 12.1 Å². The molecule has 0 bridgehead atoms. The number of benzene rings is 1. The van der Waals surface area contributed by atoms with E-state index >= 15 is 0 Å². The summed E-state index contributed by atoms with van der Waals surface area (Å²) in [5.74, 6) is -0.697. The zero-order valence-corrected chi connectivity index (χ0v) is 10.4. The molecule has 0 saturated heterocycles. The van der Waals surface area contributed by atoms with Gasteiger partial charge in [0.05, 0.1) is 6.42 Å². The summed E-state index contributed by atoms with van der Waals surface area (Å²) >= 11 is 5.82. The lowest BCUT2D eigenvalue weighted by atomic mass is 10.1. The molecule has 0 atom stereocenters. The maximum atomic E-state index is 13.4. The zero-order chi connectivity index (χ0) is 12.7. The number of methoxy groups -OCH3 is 1. The van der Waals surface area contributed by atoms with Crippen LogP contribution in [0, 0.1) is 5.82 Å². The van der Waals surface area contributed by atoms with Crippen molar-refractivity contribution in [2.45, 2.75) is 12.8 Å². The quantitative estimate of drug-likeness (QED) is 0.796. The molecule has 0 radical (unpaired) electrons. The minimum atomic E-state index is -0.454. The fraction of sp³-hybridized carbons (Fsp3) is 0.417. The van der Waals surface area contributed by atoms with Crippen molar-refractivity contribution >= 4 is 17.5 Å². The van der Waals surface area contributed by atoms with Crippen LogP contribution in [0.5, 0.6) is 0 Å². The Morgan fingerprint density at radius 2 is 2.29 bits per heavy atom. The summed E-state index contributed by atoms with van der Waals surface area (Å²) in [4.78, 5) is 11.5. The number of ether oxygens (including phenoxy) is 1. The lowest BCUT2D eigenvalue weighted by Crippen LogP contribution is -2.27. The van der Waals surface area contributed by atoms with Gasteiger partial charge in [0.1, 0.15) is 5.82 Å².